The lowest BCUT2D eigenvalue weighted by Crippen LogP contribution is -2.36. The molecule has 7 heteroatoms. The van der Waals surface area contributed by atoms with Crippen molar-refractivity contribution in [1.29, 1.82) is 0 Å². The Morgan fingerprint density at radius 2 is 1.65 bits per heavy atom. The molecule has 0 heterocycles. The molecular weight excluding hydrogens is 260 g/mol. The number of nitrogens with two attached hydrogens (primary N) is 1. The molecule has 0 saturated heterocycles. The van der Waals surface area contributed by atoms with Crippen molar-refractivity contribution in [2.75, 3.05) is 23.7 Å². The Balaban J connectivity index is 2.55. The predicted molar refractivity (Wildman–Crippen MR) is 76.1 cm³/mol. The van der Waals surface area contributed by atoms with E-state index in [4.69, 9.17) is 5.73 Å². The van der Waals surface area contributed by atoms with Gasteiger partial charge < -0.3 is 21.7 Å². The van der Waals surface area contributed by atoms with Crippen molar-refractivity contribution in [1.82, 2.24) is 5.32 Å². The van der Waals surface area contributed by atoms with Gasteiger partial charge in [0.05, 0.1) is 13.1 Å². The summed E-state index contributed by atoms with van der Waals surface area (Å²) in [6, 6.07) is 6.75. The second kappa shape index (κ2) is 7.90. The number of carbonyl (C=O) groups excluding carboxylic acids is 3. The van der Waals surface area contributed by atoms with Crippen molar-refractivity contribution in [2.24, 2.45) is 5.73 Å². The molecule has 0 atom stereocenters. The standard InChI is InChI=1S/C13H18N4O3/c1-2-11(18)16-9-4-3-5-10(6-9)17-13(20)8-15-12(19)7-14/h3-6H,2,7-8,14H2,1H3,(H,15,19)(H,16,18)(H,17,20). The molecule has 20 heavy (non-hydrogen) atoms. The molecule has 3 amide bonds. The number of amides is 3. The van der Waals surface area contributed by atoms with Crippen molar-refractivity contribution in [3.63, 3.8) is 0 Å². The maximum absolute atomic E-state index is 11.6. The fraction of sp³-hybridized carbons (Fsp3) is 0.308. The molecular formula is C13H18N4O3. The molecule has 0 spiro atoms. The Hall–Kier alpha value is -2.41. The second-order valence-electron chi connectivity index (χ2n) is 4.01. The zero-order chi connectivity index (χ0) is 15.0. The highest BCUT2D eigenvalue weighted by Crippen LogP contribution is 2.15. The molecule has 0 unspecified atom stereocenters. The van der Waals surface area contributed by atoms with Crippen LogP contribution in [0.4, 0.5) is 11.4 Å². The molecule has 0 aliphatic heterocycles. The van der Waals surface area contributed by atoms with Crippen molar-refractivity contribution >= 4 is 29.1 Å². The largest absolute Gasteiger partial charge is 0.346 e. The number of benzene rings is 1. The van der Waals surface area contributed by atoms with Crippen molar-refractivity contribution in [2.45, 2.75) is 13.3 Å². The number of carbonyl (C=O) groups is 3. The average Bonchev–Trinajstić information content (AvgIpc) is 2.44. The summed E-state index contributed by atoms with van der Waals surface area (Å²) in [5.41, 5.74) is 6.24. The summed E-state index contributed by atoms with van der Waals surface area (Å²) >= 11 is 0. The molecule has 0 radical (unpaired) electrons. The van der Waals surface area contributed by atoms with Gasteiger partial charge in [-0.3, -0.25) is 14.4 Å². The third-order valence-corrected chi connectivity index (χ3v) is 2.38. The summed E-state index contributed by atoms with van der Waals surface area (Å²) in [7, 11) is 0. The van der Waals surface area contributed by atoms with Crippen LogP contribution in [0.5, 0.6) is 0 Å². The van der Waals surface area contributed by atoms with Gasteiger partial charge in [-0.15, -0.1) is 0 Å². The number of anilines is 2. The van der Waals surface area contributed by atoms with Crippen LogP contribution in [0.3, 0.4) is 0 Å². The molecule has 0 aliphatic carbocycles. The smallest absolute Gasteiger partial charge is 0.243 e. The fourth-order valence-electron chi connectivity index (χ4n) is 1.38. The number of hydrogen-bond acceptors (Lipinski definition) is 4. The maximum Gasteiger partial charge on any atom is 0.243 e. The third kappa shape index (κ3) is 5.49. The first-order valence-corrected chi connectivity index (χ1v) is 6.21. The zero-order valence-corrected chi connectivity index (χ0v) is 11.2. The van der Waals surface area contributed by atoms with Gasteiger partial charge in [0, 0.05) is 17.8 Å². The zero-order valence-electron chi connectivity index (χ0n) is 11.2. The summed E-state index contributed by atoms with van der Waals surface area (Å²) in [5, 5.41) is 7.66. The van der Waals surface area contributed by atoms with Crippen LogP contribution >= 0.6 is 0 Å². The minimum absolute atomic E-state index is 0.108. The van der Waals surface area contributed by atoms with Crippen LogP contribution in [-0.2, 0) is 14.4 Å². The van der Waals surface area contributed by atoms with Gasteiger partial charge in [0.1, 0.15) is 0 Å². The van der Waals surface area contributed by atoms with E-state index in [9.17, 15) is 14.4 Å². The Bertz CT molecular complexity index is 502. The van der Waals surface area contributed by atoms with Gasteiger partial charge in [-0.05, 0) is 18.2 Å². The third-order valence-electron chi connectivity index (χ3n) is 2.38. The first-order chi connectivity index (χ1) is 9.55. The fourth-order valence-corrected chi connectivity index (χ4v) is 1.38. The predicted octanol–water partition coefficient (Wildman–Crippen LogP) is 0.0485. The Morgan fingerprint density at radius 1 is 1.05 bits per heavy atom. The normalized spacial score (nSPS) is 9.70. The lowest BCUT2D eigenvalue weighted by atomic mass is 10.2. The van der Waals surface area contributed by atoms with Crippen LogP contribution in [0.25, 0.3) is 0 Å². The molecule has 1 rings (SSSR count). The summed E-state index contributed by atoms with van der Waals surface area (Å²) in [5.74, 6) is -0.876. The van der Waals surface area contributed by atoms with E-state index in [-0.39, 0.29) is 24.9 Å². The first kappa shape index (κ1) is 15.6. The van der Waals surface area contributed by atoms with Crippen LogP contribution in [0.2, 0.25) is 0 Å². The van der Waals surface area contributed by atoms with Gasteiger partial charge >= 0.3 is 0 Å². The van der Waals surface area contributed by atoms with E-state index in [2.05, 4.69) is 16.0 Å². The van der Waals surface area contributed by atoms with E-state index in [1.807, 2.05) is 0 Å². The highest BCUT2D eigenvalue weighted by atomic mass is 16.2. The molecule has 0 aromatic heterocycles. The lowest BCUT2D eigenvalue weighted by molar-refractivity contribution is -0.123. The molecule has 5 N–H and O–H groups in total. The molecule has 0 bridgehead atoms. The van der Waals surface area contributed by atoms with E-state index < -0.39 is 5.91 Å². The summed E-state index contributed by atoms with van der Waals surface area (Å²) < 4.78 is 0. The topological polar surface area (TPSA) is 113 Å². The first-order valence-electron chi connectivity index (χ1n) is 6.21. The highest BCUT2D eigenvalue weighted by molar-refractivity contribution is 5.96. The number of nitrogens with one attached hydrogen (secondary N) is 3. The summed E-state index contributed by atoms with van der Waals surface area (Å²) in [6.07, 6.45) is 0.377. The van der Waals surface area contributed by atoms with E-state index in [1.54, 1.807) is 31.2 Å². The van der Waals surface area contributed by atoms with Crippen molar-refractivity contribution in [3.05, 3.63) is 24.3 Å². The average molecular weight is 278 g/mol. The maximum atomic E-state index is 11.6. The molecule has 0 saturated carbocycles. The van der Waals surface area contributed by atoms with Crippen LogP contribution in [-0.4, -0.2) is 30.8 Å². The second-order valence-corrected chi connectivity index (χ2v) is 4.01. The molecule has 7 nitrogen and oxygen atoms in total. The van der Waals surface area contributed by atoms with Gasteiger partial charge in [0.2, 0.25) is 17.7 Å². The molecule has 1 aromatic rings. The number of hydrogen-bond donors (Lipinski definition) is 4. The molecule has 0 aliphatic rings. The minimum Gasteiger partial charge on any atom is -0.346 e. The SMILES string of the molecule is CCC(=O)Nc1cccc(NC(=O)CNC(=O)CN)c1. The van der Waals surface area contributed by atoms with E-state index >= 15 is 0 Å². The van der Waals surface area contributed by atoms with Gasteiger partial charge in [-0.25, -0.2) is 0 Å². The monoisotopic (exact) mass is 278 g/mol. The molecule has 0 fully saturated rings. The Morgan fingerprint density at radius 3 is 2.20 bits per heavy atom. The van der Waals surface area contributed by atoms with Crippen LogP contribution in [0, 0.1) is 0 Å². The highest BCUT2D eigenvalue weighted by Gasteiger charge is 2.05. The van der Waals surface area contributed by atoms with Gasteiger partial charge in [0.15, 0.2) is 0 Å². The summed E-state index contributed by atoms with van der Waals surface area (Å²) in [6.45, 7) is 1.44. The van der Waals surface area contributed by atoms with E-state index in [1.165, 1.54) is 0 Å². The van der Waals surface area contributed by atoms with Gasteiger partial charge in [-0.1, -0.05) is 13.0 Å². The van der Waals surface area contributed by atoms with Gasteiger partial charge in [-0.2, -0.15) is 0 Å². The minimum atomic E-state index is -0.399. The number of rotatable bonds is 6. The molecule has 1 aromatic carbocycles. The van der Waals surface area contributed by atoms with E-state index in [0.29, 0.717) is 17.8 Å². The Kier molecular flexibility index (Phi) is 6.18. The quantitative estimate of drug-likeness (QED) is 0.588. The van der Waals surface area contributed by atoms with Crippen molar-refractivity contribution < 1.29 is 14.4 Å². The molecule has 108 valence electrons. The van der Waals surface area contributed by atoms with Crippen molar-refractivity contribution in [3.8, 4) is 0 Å². The Labute approximate surface area is 116 Å². The summed E-state index contributed by atoms with van der Waals surface area (Å²) in [4.78, 5) is 33.7. The van der Waals surface area contributed by atoms with Gasteiger partial charge in [0.25, 0.3) is 0 Å². The van der Waals surface area contributed by atoms with Crippen LogP contribution < -0.4 is 21.7 Å². The van der Waals surface area contributed by atoms with Crippen LogP contribution in [0.1, 0.15) is 13.3 Å². The van der Waals surface area contributed by atoms with Crippen LogP contribution in [0.15, 0.2) is 24.3 Å². The lowest BCUT2D eigenvalue weighted by Gasteiger charge is -2.08. The van der Waals surface area contributed by atoms with E-state index in [0.717, 1.165) is 0 Å².